The smallest absolute Gasteiger partial charge is 0.404 e. The van der Waals surface area contributed by atoms with Crippen molar-refractivity contribution in [1.82, 2.24) is 18.8 Å². The van der Waals surface area contributed by atoms with Crippen molar-refractivity contribution >= 4 is 32.7 Å². The summed E-state index contributed by atoms with van der Waals surface area (Å²) in [5.41, 5.74) is 4.01. The molecule has 52 heavy (non-hydrogen) atoms. The summed E-state index contributed by atoms with van der Waals surface area (Å²) in [5, 5.41) is 0.461. The molecule has 0 bridgehead atoms. The van der Waals surface area contributed by atoms with Crippen molar-refractivity contribution in [3.05, 3.63) is 96.3 Å². The Morgan fingerprint density at radius 2 is 1.56 bits per heavy atom. The number of nitrogens with zero attached hydrogens (tertiary/aromatic N) is 5. The van der Waals surface area contributed by atoms with E-state index in [1.165, 1.54) is 30.6 Å². The van der Waals surface area contributed by atoms with Gasteiger partial charge in [0.2, 0.25) is 0 Å². The number of amides is 1. The summed E-state index contributed by atoms with van der Waals surface area (Å²) >= 11 is 0. The number of fused-ring (bicyclic) bond motifs is 1. The number of aryl methyl sites for hydroxylation is 1. The highest BCUT2D eigenvalue weighted by Gasteiger charge is 2.50. The second-order valence-corrected chi connectivity index (χ2v) is 15.8. The summed E-state index contributed by atoms with van der Waals surface area (Å²) in [5.74, 6) is -0.415. The molecule has 5 heterocycles. The molecule has 10 nitrogen and oxygen atoms in total. The van der Waals surface area contributed by atoms with Gasteiger partial charge in [-0.25, -0.2) is 17.4 Å². The molecule has 1 spiro atoms. The van der Waals surface area contributed by atoms with Crippen LogP contribution in [0.25, 0.3) is 33.3 Å². The minimum absolute atomic E-state index is 0.0750. The maximum Gasteiger partial charge on any atom is 0.573 e. The molecule has 0 unspecified atom stereocenters. The SMILES string of the molecule is Cc1ccc(S(=O)(=O)n2cc(-c3ccc(C(=O)N4CC5(COC5)C4)cc3)c3cc(-c4ccc(N5CCN(C)CC5)c(OC(F)(F)F)c4)cnc32)cc1. The number of likely N-dealkylation sites (N-methyl/N-ethyl adjacent to an activating group) is 1. The number of alkyl halides is 3. The predicted octanol–water partition coefficient (Wildman–Crippen LogP) is 6.04. The molecule has 8 rings (SSSR count). The number of rotatable bonds is 7. The Morgan fingerprint density at radius 3 is 2.19 bits per heavy atom. The van der Waals surface area contributed by atoms with Gasteiger partial charge in [0.05, 0.1) is 29.2 Å². The predicted molar refractivity (Wildman–Crippen MR) is 190 cm³/mol. The number of likely N-dealkylation sites (tertiary alicyclic amines) is 1. The van der Waals surface area contributed by atoms with Crippen molar-refractivity contribution in [2.75, 3.05) is 64.4 Å². The molecule has 3 saturated heterocycles. The van der Waals surface area contributed by atoms with Gasteiger partial charge in [-0.15, -0.1) is 13.2 Å². The van der Waals surface area contributed by atoms with Crippen molar-refractivity contribution in [3.63, 3.8) is 0 Å². The summed E-state index contributed by atoms with van der Waals surface area (Å²) in [4.78, 5) is 23.6. The molecular formula is C38H36F3N5O5S. The molecule has 0 aliphatic carbocycles. The molecule has 1 amide bonds. The van der Waals surface area contributed by atoms with Crippen LogP contribution in [0.4, 0.5) is 18.9 Å². The molecule has 0 N–H and O–H groups in total. The molecule has 2 aromatic heterocycles. The maximum atomic E-state index is 14.0. The van der Waals surface area contributed by atoms with Gasteiger partial charge in [-0.1, -0.05) is 35.9 Å². The molecule has 14 heteroatoms. The summed E-state index contributed by atoms with van der Waals surface area (Å²) < 4.78 is 80.0. The van der Waals surface area contributed by atoms with Gasteiger partial charge in [-0.2, -0.15) is 0 Å². The van der Waals surface area contributed by atoms with Gasteiger partial charge in [0.1, 0.15) is 0 Å². The van der Waals surface area contributed by atoms with Crippen molar-refractivity contribution in [2.45, 2.75) is 18.2 Å². The normalized spacial score (nSPS) is 17.6. The van der Waals surface area contributed by atoms with E-state index in [0.717, 1.165) is 9.54 Å². The molecular weight excluding hydrogens is 696 g/mol. The van der Waals surface area contributed by atoms with Crippen LogP contribution in [-0.4, -0.2) is 99.0 Å². The second-order valence-electron chi connectivity index (χ2n) is 14.0. The molecule has 0 radical (unpaired) electrons. The number of hydrogen-bond acceptors (Lipinski definition) is 8. The van der Waals surface area contributed by atoms with Crippen molar-refractivity contribution < 1.29 is 35.9 Å². The highest BCUT2D eigenvalue weighted by molar-refractivity contribution is 7.90. The van der Waals surface area contributed by atoms with Crippen LogP contribution in [-0.2, 0) is 14.8 Å². The van der Waals surface area contributed by atoms with Gasteiger partial charge < -0.3 is 24.2 Å². The number of pyridine rings is 1. The minimum Gasteiger partial charge on any atom is -0.404 e. The van der Waals surface area contributed by atoms with Crippen LogP contribution in [0.3, 0.4) is 0 Å². The molecule has 3 aliphatic rings. The van der Waals surface area contributed by atoms with E-state index < -0.39 is 16.4 Å². The van der Waals surface area contributed by atoms with Crippen LogP contribution < -0.4 is 9.64 Å². The van der Waals surface area contributed by atoms with E-state index in [-0.39, 0.29) is 27.6 Å². The van der Waals surface area contributed by atoms with E-state index in [1.807, 2.05) is 18.9 Å². The number of aromatic nitrogens is 2. The molecule has 3 aliphatic heterocycles. The Balaban J connectivity index is 1.20. The van der Waals surface area contributed by atoms with E-state index in [1.54, 1.807) is 59.5 Å². The molecule has 5 aromatic rings. The highest BCUT2D eigenvalue weighted by atomic mass is 32.2. The zero-order valence-electron chi connectivity index (χ0n) is 28.6. The van der Waals surface area contributed by atoms with Gasteiger partial charge in [0.25, 0.3) is 15.9 Å². The summed E-state index contributed by atoms with van der Waals surface area (Å²) in [6, 6.07) is 19.9. The zero-order chi connectivity index (χ0) is 36.4. The van der Waals surface area contributed by atoms with Gasteiger partial charge in [-0.3, -0.25) is 4.79 Å². The van der Waals surface area contributed by atoms with Crippen LogP contribution in [0, 0.1) is 12.3 Å². The largest absolute Gasteiger partial charge is 0.573 e. The zero-order valence-corrected chi connectivity index (χ0v) is 29.4. The first kappa shape index (κ1) is 34.2. The fraction of sp³-hybridized carbons (Fsp3) is 0.316. The molecule has 0 saturated carbocycles. The number of anilines is 1. The summed E-state index contributed by atoms with van der Waals surface area (Å²) in [6.45, 7) is 6.98. The standard InChI is InChI=1S/C38H36F3N5O5S/c1-25-3-10-30(11-4-25)52(48,49)46-20-32(26-5-7-27(8-6-26)36(47)45-21-37(22-45)23-50-24-37)31-17-29(19-42-35(31)46)28-9-12-33(34(18-28)51-38(39,40)41)44-15-13-43(2)14-16-44/h3-12,17-20H,13-16,21-24H2,1-2H3. The fourth-order valence-electron chi connectivity index (χ4n) is 7.14. The Bertz CT molecular complexity index is 2270. The lowest BCUT2D eigenvalue weighted by Crippen LogP contribution is -2.67. The molecule has 3 aromatic carbocycles. The summed E-state index contributed by atoms with van der Waals surface area (Å²) in [7, 11) is -2.14. The lowest BCUT2D eigenvalue weighted by Gasteiger charge is -2.54. The third-order valence-corrected chi connectivity index (χ3v) is 11.8. The average Bonchev–Trinajstić information content (AvgIpc) is 3.47. The van der Waals surface area contributed by atoms with E-state index in [9.17, 15) is 26.4 Å². The van der Waals surface area contributed by atoms with Crippen molar-refractivity contribution in [2.24, 2.45) is 5.41 Å². The first-order valence-electron chi connectivity index (χ1n) is 16.9. The summed E-state index contributed by atoms with van der Waals surface area (Å²) in [6.07, 6.45) is -1.96. The third kappa shape index (κ3) is 6.28. The number of carbonyl (C=O) groups excluding carboxylic acids is 1. The second kappa shape index (κ2) is 12.6. The van der Waals surface area contributed by atoms with E-state index in [0.29, 0.717) is 91.4 Å². The topological polar surface area (TPSA) is 97.2 Å². The number of ether oxygens (including phenoxy) is 2. The average molecular weight is 732 g/mol. The number of halogens is 3. The number of piperazine rings is 1. The first-order valence-corrected chi connectivity index (χ1v) is 18.4. The number of hydrogen-bond donors (Lipinski definition) is 0. The fourth-order valence-corrected chi connectivity index (χ4v) is 8.46. The molecule has 270 valence electrons. The van der Waals surface area contributed by atoms with Crippen molar-refractivity contribution in [1.29, 1.82) is 0 Å². The van der Waals surface area contributed by atoms with Gasteiger partial charge >= 0.3 is 6.36 Å². The van der Waals surface area contributed by atoms with E-state index >= 15 is 0 Å². The highest BCUT2D eigenvalue weighted by Crippen LogP contribution is 2.41. The first-order chi connectivity index (χ1) is 24.8. The number of carbonyl (C=O) groups is 1. The quantitative estimate of drug-likeness (QED) is 0.200. The van der Waals surface area contributed by atoms with Gasteiger partial charge in [0, 0.05) is 73.7 Å². The third-order valence-electron chi connectivity index (χ3n) is 10.2. The van der Waals surface area contributed by atoms with E-state index in [4.69, 9.17) is 4.74 Å². The van der Waals surface area contributed by atoms with Crippen molar-refractivity contribution in [3.8, 4) is 28.0 Å². The van der Waals surface area contributed by atoms with Crippen LogP contribution >= 0.6 is 0 Å². The Hall–Kier alpha value is -4.92. The monoisotopic (exact) mass is 731 g/mol. The lowest BCUT2D eigenvalue weighted by atomic mass is 9.78. The Kier molecular flexibility index (Phi) is 8.31. The molecule has 3 fully saturated rings. The Labute approximate surface area is 299 Å². The lowest BCUT2D eigenvalue weighted by molar-refractivity contribution is -0.274. The van der Waals surface area contributed by atoms with Crippen LogP contribution in [0.15, 0.2) is 90.1 Å². The Morgan fingerprint density at radius 1 is 0.885 bits per heavy atom. The van der Waals surface area contributed by atoms with Crippen LogP contribution in [0.2, 0.25) is 0 Å². The maximum absolute atomic E-state index is 14.0. The van der Waals surface area contributed by atoms with Gasteiger partial charge in [0.15, 0.2) is 11.4 Å². The van der Waals surface area contributed by atoms with Crippen LogP contribution in [0.5, 0.6) is 5.75 Å². The number of benzene rings is 3. The van der Waals surface area contributed by atoms with Crippen LogP contribution in [0.1, 0.15) is 15.9 Å². The van der Waals surface area contributed by atoms with Gasteiger partial charge in [-0.05, 0) is 67.6 Å². The molecule has 0 atom stereocenters. The minimum atomic E-state index is -4.91. The van der Waals surface area contributed by atoms with E-state index in [2.05, 4.69) is 14.6 Å².